The molecule has 0 aromatic carbocycles. The molecule has 0 radical (unpaired) electrons. The number of nitrogens with zero attached hydrogens (tertiary/aromatic N) is 1. The third kappa shape index (κ3) is 8.74. The van der Waals surface area contributed by atoms with Gasteiger partial charge in [0.25, 0.3) is 0 Å². The van der Waals surface area contributed by atoms with Gasteiger partial charge in [0.2, 0.25) is 0 Å². The van der Waals surface area contributed by atoms with Gasteiger partial charge >= 0.3 is 49.4 Å². The Kier molecular flexibility index (Phi) is 15.5. The third-order valence-electron chi connectivity index (χ3n) is 0.791. The Hall–Kier alpha value is 2.15. The molecule has 0 amide bonds. The van der Waals surface area contributed by atoms with Crippen molar-refractivity contribution in [2.45, 2.75) is 7.43 Å². The van der Waals surface area contributed by atoms with E-state index in [1.54, 1.807) is 23.5 Å². The second kappa shape index (κ2) is 11.2. The summed E-state index contributed by atoms with van der Waals surface area (Å²) in [7, 11) is 0.628. The van der Waals surface area contributed by atoms with Crippen LogP contribution in [0.1, 0.15) is 7.43 Å². The molecule has 0 aromatic heterocycles. The summed E-state index contributed by atoms with van der Waals surface area (Å²) in [5.41, 5.74) is 0. The van der Waals surface area contributed by atoms with Crippen LogP contribution in [0.5, 0.6) is 0 Å². The number of thioether (sulfide) groups is 2. The molecule has 0 saturated heterocycles. The van der Waals surface area contributed by atoms with E-state index in [0.717, 1.165) is 15.8 Å². The van der Waals surface area contributed by atoms with E-state index in [4.69, 9.17) is 0 Å². The maximum absolute atomic E-state index is 4.18. The van der Waals surface area contributed by atoms with E-state index in [9.17, 15) is 0 Å². The monoisotopic (exact) mass is 466 g/mol. The molecule has 1 rings (SSSR count). The van der Waals surface area contributed by atoms with Crippen molar-refractivity contribution < 1.29 is 9.47 Å². The summed E-state index contributed by atoms with van der Waals surface area (Å²) < 4.78 is 1.15. The second-order valence-electron chi connectivity index (χ2n) is 1.49. The van der Waals surface area contributed by atoms with E-state index in [0.29, 0.717) is 9.47 Å². The Balaban J connectivity index is 0. The summed E-state index contributed by atoms with van der Waals surface area (Å²) >= 11 is 8.11. The number of halogens is 2. The SMILES string of the molecule is C.C=C1CN=C(SC)S1.[I][V][I]. The van der Waals surface area contributed by atoms with Crippen LogP contribution in [-0.2, 0) is 9.47 Å². The van der Waals surface area contributed by atoms with Crippen molar-refractivity contribution >= 4 is 67.9 Å². The van der Waals surface area contributed by atoms with Crippen LogP contribution in [0.2, 0.25) is 0 Å². The van der Waals surface area contributed by atoms with Crippen molar-refractivity contribution in [1.82, 2.24) is 0 Å². The second-order valence-corrected chi connectivity index (χ2v) is 15.5. The molecule has 0 N–H and O–H groups in total. The van der Waals surface area contributed by atoms with Crippen LogP contribution < -0.4 is 0 Å². The molecule has 0 unspecified atom stereocenters. The topological polar surface area (TPSA) is 12.4 Å². The zero-order valence-electron chi connectivity index (χ0n) is 5.88. The minimum absolute atomic E-state index is 0. The first-order valence-electron chi connectivity index (χ1n) is 2.61. The molecular weight excluding hydrogens is 455 g/mol. The molecule has 0 bridgehead atoms. The fourth-order valence-electron chi connectivity index (χ4n) is 0.447. The van der Waals surface area contributed by atoms with Gasteiger partial charge < -0.3 is 0 Å². The van der Waals surface area contributed by atoms with Crippen molar-refractivity contribution in [1.29, 1.82) is 0 Å². The predicted molar refractivity (Wildman–Crippen MR) is 77.3 cm³/mol. The molecule has 1 aliphatic heterocycles. The van der Waals surface area contributed by atoms with Gasteiger partial charge in [-0.2, -0.15) is 0 Å². The molecule has 6 heteroatoms. The summed E-state index contributed by atoms with van der Waals surface area (Å²) in [6, 6.07) is 0. The van der Waals surface area contributed by atoms with Gasteiger partial charge in [-0.05, 0) is 6.26 Å². The molecule has 0 fully saturated rings. The molecule has 0 aromatic rings. The van der Waals surface area contributed by atoms with E-state index >= 15 is 0 Å². The van der Waals surface area contributed by atoms with Crippen LogP contribution in [-0.4, -0.2) is 17.2 Å². The molecule has 0 atom stereocenters. The Labute approximate surface area is 112 Å². The Bertz CT molecular complexity index is 164. The normalized spacial score (nSPS) is 13.9. The van der Waals surface area contributed by atoms with Crippen molar-refractivity contribution in [3.63, 3.8) is 0 Å². The van der Waals surface area contributed by atoms with Gasteiger partial charge in [0.05, 0.1) is 6.54 Å². The number of rotatable bonds is 0. The molecular formula is C6H11I2NS2V. The van der Waals surface area contributed by atoms with E-state index in [1.165, 1.54) is 0 Å². The average molecular weight is 466 g/mol. The van der Waals surface area contributed by atoms with Crippen LogP contribution in [0.3, 0.4) is 0 Å². The first-order chi connectivity index (χ1) is 5.24. The van der Waals surface area contributed by atoms with Crippen molar-refractivity contribution in [2.75, 3.05) is 12.8 Å². The average Bonchev–Trinajstić information content (AvgIpc) is 2.37. The molecule has 0 spiro atoms. The number of hydrogen-bond acceptors (Lipinski definition) is 3. The van der Waals surface area contributed by atoms with E-state index in [2.05, 4.69) is 51.5 Å². The molecule has 1 aliphatic rings. The Morgan fingerprint density at radius 2 is 2.17 bits per heavy atom. The van der Waals surface area contributed by atoms with Crippen LogP contribution in [0.4, 0.5) is 0 Å². The Morgan fingerprint density at radius 3 is 2.33 bits per heavy atom. The first-order valence-corrected chi connectivity index (χ1v) is 13.7. The fourth-order valence-corrected chi connectivity index (χ4v) is 1.83. The Morgan fingerprint density at radius 1 is 1.67 bits per heavy atom. The van der Waals surface area contributed by atoms with Gasteiger partial charge in [-0.3, -0.25) is 4.99 Å². The van der Waals surface area contributed by atoms with Gasteiger partial charge in [0.15, 0.2) is 0 Å². The molecule has 12 heavy (non-hydrogen) atoms. The van der Waals surface area contributed by atoms with Crippen LogP contribution in [0.25, 0.3) is 0 Å². The maximum atomic E-state index is 4.18. The van der Waals surface area contributed by atoms with Crippen molar-refractivity contribution in [2.24, 2.45) is 4.99 Å². The summed E-state index contributed by atoms with van der Waals surface area (Å²) in [6.45, 7) is 4.61. The van der Waals surface area contributed by atoms with Gasteiger partial charge in [0, 0.05) is 4.91 Å². The van der Waals surface area contributed by atoms with Gasteiger partial charge in [-0.25, -0.2) is 0 Å². The van der Waals surface area contributed by atoms with Crippen LogP contribution >= 0.6 is 63.5 Å². The zero-order valence-corrected chi connectivity index (χ0v) is 13.2. The standard InChI is InChI=1S/C5H7NS2.CH4.2HI.V/c1-4-3-6-5(7-2)8-4;;;;/h1,3H2,2H3;1H4;2*1H;/q;;;;+2/p-2. The minimum atomic E-state index is 0. The summed E-state index contributed by atoms with van der Waals surface area (Å²) in [6.07, 6.45) is 2.03. The van der Waals surface area contributed by atoms with Crippen LogP contribution in [0, 0.1) is 0 Å². The molecule has 0 aliphatic carbocycles. The van der Waals surface area contributed by atoms with E-state index in [-0.39, 0.29) is 7.43 Å². The summed E-state index contributed by atoms with van der Waals surface area (Å²) in [5, 5.41) is 0. The van der Waals surface area contributed by atoms with Gasteiger partial charge in [-0.15, -0.1) is 11.8 Å². The van der Waals surface area contributed by atoms with Gasteiger partial charge in [0.1, 0.15) is 4.38 Å². The quantitative estimate of drug-likeness (QED) is 0.492. The van der Waals surface area contributed by atoms with Crippen molar-refractivity contribution in [3.05, 3.63) is 11.5 Å². The molecule has 1 heterocycles. The number of hydrogen-bond donors (Lipinski definition) is 0. The summed E-state index contributed by atoms with van der Waals surface area (Å²) in [5.74, 6) is 0. The number of aliphatic imine (C=N–C) groups is 1. The van der Waals surface area contributed by atoms with E-state index in [1.807, 2.05) is 6.26 Å². The molecule has 0 saturated carbocycles. The van der Waals surface area contributed by atoms with E-state index < -0.39 is 0 Å². The molecule has 71 valence electrons. The summed E-state index contributed by atoms with van der Waals surface area (Å²) in [4.78, 5) is 5.34. The predicted octanol–water partition coefficient (Wildman–Crippen LogP) is 4.37. The van der Waals surface area contributed by atoms with Crippen molar-refractivity contribution in [3.8, 4) is 0 Å². The van der Waals surface area contributed by atoms with Gasteiger partial charge in [-0.1, -0.05) is 25.8 Å². The first kappa shape index (κ1) is 16.6. The zero-order chi connectivity index (χ0) is 8.69. The fraction of sp³-hybridized carbons (Fsp3) is 0.500. The third-order valence-corrected chi connectivity index (χ3v) is 2.74. The molecule has 1 nitrogen and oxygen atoms in total. The van der Waals surface area contributed by atoms with Crippen LogP contribution in [0.15, 0.2) is 16.5 Å².